The molecule has 0 atom stereocenters. The van der Waals surface area contributed by atoms with Crippen molar-refractivity contribution >= 4 is 16.8 Å². The lowest BCUT2D eigenvalue weighted by molar-refractivity contribution is 0.0479. The molecule has 1 aliphatic rings. The van der Waals surface area contributed by atoms with E-state index in [2.05, 4.69) is 24.1 Å². The molecule has 4 heteroatoms. The average molecular weight is 257 g/mol. The molecule has 0 saturated carbocycles. The Morgan fingerprint density at radius 2 is 2.16 bits per heavy atom. The van der Waals surface area contributed by atoms with Gasteiger partial charge in [-0.2, -0.15) is 0 Å². The third kappa shape index (κ3) is 2.02. The van der Waals surface area contributed by atoms with Gasteiger partial charge in [0, 0.05) is 31.2 Å². The maximum absolute atomic E-state index is 12.8. The van der Waals surface area contributed by atoms with E-state index < -0.39 is 0 Å². The standard InChI is InChI=1S/C15H19N3O/c1-15(2)10-16-8-9-18(15)14(19)12-5-3-4-11-6-7-17-13(11)12/h3-7,16-17H,8-10H2,1-2H3. The normalized spacial score (nSPS) is 18.7. The van der Waals surface area contributed by atoms with Crippen LogP contribution in [0.2, 0.25) is 0 Å². The molecular weight excluding hydrogens is 238 g/mol. The molecule has 100 valence electrons. The molecule has 2 heterocycles. The van der Waals surface area contributed by atoms with Crippen molar-refractivity contribution in [1.82, 2.24) is 15.2 Å². The predicted molar refractivity (Wildman–Crippen MR) is 76.3 cm³/mol. The molecule has 1 aliphatic heterocycles. The first-order valence-corrected chi connectivity index (χ1v) is 6.68. The van der Waals surface area contributed by atoms with Crippen molar-refractivity contribution in [3.63, 3.8) is 0 Å². The van der Waals surface area contributed by atoms with Crippen LogP contribution >= 0.6 is 0 Å². The van der Waals surface area contributed by atoms with Crippen LogP contribution in [0, 0.1) is 0 Å². The number of piperazine rings is 1. The largest absolute Gasteiger partial charge is 0.361 e. The van der Waals surface area contributed by atoms with E-state index in [0.29, 0.717) is 0 Å². The molecule has 0 unspecified atom stereocenters. The zero-order valence-electron chi connectivity index (χ0n) is 11.4. The van der Waals surface area contributed by atoms with E-state index in [4.69, 9.17) is 0 Å². The lowest BCUT2D eigenvalue weighted by Gasteiger charge is -2.42. The summed E-state index contributed by atoms with van der Waals surface area (Å²) < 4.78 is 0. The fraction of sp³-hybridized carbons (Fsp3) is 0.400. The van der Waals surface area contributed by atoms with Crippen LogP contribution in [0.5, 0.6) is 0 Å². The van der Waals surface area contributed by atoms with E-state index in [0.717, 1.165) is 36.1 Å². The van der Waals surface area contributed by atoms with Gasteiger partial charge in [-0.05, 0) is 26.0 Å². The van der Waals surface area contributed by atoms with Gasteiger partial charge in [0.2, 0.25) is 0 Å². The summed E-state index contributed by atoms with van der Waals surface area (Å²) in [5.41, 5.74) is 1.55. The highest BCUT2D eigenvalue weighted by atomic mass is 16.2. The van der Waals surface area contributed by atoms with E-state index in [1.165, 1.54) is 0 Å². The van der Waals surface area contributed by atoms with Gasteiger partial charge in [0.25, 0.3) is 5.91 Å². The van der Waals surface area contributed by atoms with Crippen LogP contribution in [0.3, 0.4) is 0 Å². The number of carbonyl (C=O) groups is 1. The molecule has 2 aromatic rings. The quantitative estimate of drug-likeness (QED) is 0.821. The predicted octanol–water partition coefficient (Wildman–Crippen LogP) is 1.99. The Labute approximate surface area is 112 Å². The van der Waals surface area contributed by atoms with Gasteiger partial charge < -0.3 is 15.2 Å². The SMILES string of the molecule is CC1(C)CNCCN1C(=O)c1cccc2cc[nH]c12. The van der Waals surface area contributed by atoms with Crippen molar-refractivity contribution in [3.05, 3.63) is 36.0 Å². The maximum atomic E-state index is 12.8. The van der Waals surface area contributed by atoms with Crippen molar-refractivity contribution in [2.24, 2.45) is 0 Å². The molecule has 0 radical (unpaired) electrons. The summed E-state index contributed by atoms with van der Waals surface area (Å²) in [4.78, 5) is 17.9. The van der Waals surface area contributed by atoms with Gasteiger partial charge in [0.1, 0.15) is 0 Å². The number of fused-ring (bicyclic) bond motifs is 1. The highest BCUT2D eigenvalue weighted by Gasteiger charge is 2.34. The number of benzene rings is 1. The van der Waals surface area contributed by atoms with Crippen molar-refractivity contribution < 1.29 is 4.79 Å². The fourth-order valence-electron chi connectivity index (χ4n) is 2.77. The van der Waals surface area contributed by atoms with Crippen LogP contribution in [0.1, 0.15) is 24.2 Å². The van der Waals surface area contributed by atoms with E-state index in [1.807, 2.05) is 35.4 Å². The van der Waals surface area contributed by atoms with E-state index in [9.17, 15) is 4.79 Å². The fourth-order valence-corrected chi connectivity index (χ4v) is 2.77. The van der Waals surface area contributed by atoms with Crippen molar-refractivity contribution in [3.8, 4) is 0 Å². The monoisotopic (exact) mass is 257 g/mol. The van der Waals surface area contributed by atoms with Gasteiger partial charge in [-0.25, -0.2) is 0 Å². The number of nitrogens with zero attached hydrogens (tertiary/aromatic N) is 1. The number of hydrogen-bond acceptors (Lipinski definition) is 2. The minimum Gasteiger partial charge on any atom is -0.361 e. The van der Waals surface area contributed by atoms with Gasteiger partial charge in [-0.1, -0.05) is 12.1 Å². The van der Waals surface area contributed by atoms with E-state index in [-0.39, 0.29) is 11.4 Å². The van der Waals surface area contributed by atoms with Crippen molar-refractivity contribution in [2.75, 3.05) is 19.6 Å². The van der Waals surface area contributed by atoms with E-state index >= 15 is 0 Å². The first-order chi connectivity index (χ1) is 9.09. The first-order valence-electron chi connectivity index (χ1n) is 6.68. The number of H-pyrrole nitrogens is 1. The minimum absolute atomic E-state index is 0.111. The molecule has 0 spiro atoms. The van der Waals surface area contributed by atoms with Crippen LogP contribution in [-0.4, -0.2) is 41.0 Å². The lowest BCUT2D eigenvalue weighted by atomic mass is 9.98. The van der Waals surface area contributed by atoms with Gasteiger partial charge in [-0.3, -0.25) is 4.79 Å². The molecule has 2 N–H and O–H groups in total. The molecule has 0 aliphatic carbocycles. The Balaban J connectivity index is 2.01. The number of rotatable bonds is 1. The minimum atomic E-state index is -0.149. The Bertz CT molecular complexity index is 615. The summed E-state index contributed by atoms with van der Waals surface area (Å²) in [5.74, 6) is 0.111. The van der Waals surface area contributed by atoms with Gasteiger partial charge in [0.05, 0.1) is 16.6 Å². The van der Waals surface area contributed by atoms with Crippen LogP contribution in [0.25, 0.3) is 10.9 Å². The first kappa shape index (κ1) is 12.2. The smallest absolute Gasteiger partial charge is 0.256 e. The van der Waals surface area contributed by atoms with Gasteiger partial charge in [0.15, 0.2) is 0 Å². The number of para-hydroxylation sites is 1. The van der Waals surface area contributed by atoms with Crippen molar-refractivity contribution in [2.45, 2.75) is 19.4 Å². The lowest BCUT2D eigenvalue weighted by Crippen LogP contribution is -2.59. The van der Waals surface area contributed by atoms with E-state index in [1.54, 1.807) is 0 Å². The van der Waals surface area contributed by atoms with Crippen LogP contribution < -0.4 is 5.32 Å². The molecule has 1 fully saturated rings. The number of aromatic nitrogens is 1. The summed E-state index contributed by atoms with van der Waals surface area (Å²) in [6.07, 6.45) is 1.88. The number of amides is 1. The van der Waals surface area contributed by atoms with Crippen LogP contribution in [0.4, 0.5) is 0 Å². The molecule has 19 heavy (non-hydrogen) atoms. The Morgan fingerprint density at radius 3 is 2.95 bits per heavy atom. The third-order valence-electron chi connectivity index (χ3n) is 3.86. The molecule has 3 rings (SSSR count). The highest BCUT2D eigenvalue weighted by molar-refractivity contribution is 6.06. The molecule has 4 nitrogen and oxygen atoms in total. The number of nitrogens with one attached hydrogen (secondary N) is 2. The highest BCUT2D eigenvalue weighted by Crippen LogP contribution is 2.23. The molecule has 1 aromatic heterocycles. The molecular formula is C15H19N3O. The molecule has 1 saturated heterocycles. The Hall–Kier alpha value is -1.81. The summed E-state index contributed by atoms with van der Waals surface area (Å²) in [7, 11) is 0. The maximum Gasteiger partial charge on any atom is 0.256 e. The molecule has 1 amide bonds. The second kappa shape index (κ2) is 4.38. The van der Waals surface area contributed by atoms with Gasteiger partial charge in [-0.15, -0.1) is 0 Å². The zero-order valence-corrected chi connectivity index (χ0v) is 11.4. The number of carbonyl (C=O) groups excluding carboxylic acids is 1. The van der Waals surface area contributed by atoms with Gasteiger partial charge >= 0.3 is 0 Å². The summed E-state index contributed by atoms with van der Waals surface area (Å²) in [6.45, 7) is 6.65. The van der Waals surface area contributed by atoms with Crippen molar-refractivity contribution in [1.29, 1.82) is 0 Å². The number of hydrogen-bond donors (Lipinski definition) is 2. The topological polar surface area (TPSA) is 48.1 Å². The summed E-state index contributed by atoms with van der Waals surface area (Å²) in [6, 6.07) is 7.86. The summed E-state index contributed by atoms with van der Waals surface area (Å²) in [5, 5.41) is 4.42. The van der Waals surface area contributed by atoms with Crippen LogP contribution in [0.15, 0.2) is 30.5 Å². The second-order valence-corrected chi connectivity index (χ2v) is 5.69. The molecule has 1 aromatic carbocycles. The average Bonchev–Trinajstić information content (AvgIpc) is 2.85. The Kier molecular flexibility index (Phi) is 2.82. The number of aromatic amines is 1. The third-order valence-corrected chi connectivity index (χ3v) is 3.86. The summed E-state index contributed by atoms with van der Waals surface area (Å²) >= 11 is 0. The molecule has 0 bridgehead atoms. The zero-order chi connectivity index (χ0) is 13.5. The second-order valence-electron chi connectivity index (χ2n) is 5.69. The Morgan fingerprint density at radius 1 is 1.32 bits per heavy atom. The van der Waals surface area contributed by atoms with Crippen LogP contribution in [-0.2, 0) is 0 Å².